The Morgan fingerprint density at radius 1 is 0.443 bits per heavy atom. The Morgan fingerprint density at radius 2 is 0.797 bits per heavy atom. The topological polar surface area (TPSA) is 307 Å². The highest BCUT2D eigenvalue weighted by atomic mass is 16.8. The number of allylic oxidation sites excluding steroid dienone is 3. The zero-order valence-electron chi connectivity index (χ0n) is 48.4. The lowest BCUT2D eigenvalue weighted by atomic mass is 9.96. The lowest BCUT2D eigenvalue weighted by molar-refractivity contribution is -0.379. The lowest BCUT2D eigenvalue weighted by Gasteiger charge is -2.48. The van der Waals surface area contributed by atoms with E-state index in [2.05, 4.69) is 31.3 Å². The van der Waals surface area contributed by atoms with Crippen LogP contribution in [-0.4, -0.2) is 193 Å². The van der Waals surface area contributed by atoms with E-state index in [-0.39, 0.29) is 18.9 Å². The molecule has 3 heterocycles. The van der Waals surface area contributed by atoms with Gasteiger partial charge in [-0.05, 0) is 44.9 Å². The van der Waals surface area contributed by atoms with Crippen molar-refractivity contribution in [2.45, 2.75) is 324 Å². The van der Waals surface area contributed by atoms with Crippen LogP contribution in [0.1, 0.15) is 219 Å². The average molecular weight is 1130 g/mol. The molecule has 12 N–H and O–H groups in total. The van der Waals surface area contributed by atoms with Crippen LogP contribution in [0.3, 0.4) is 0 Å². The summed E-state index contributed by atoms with van der Waals surface area (Å²) in [7, 11) is 0. The van der Waals surface area contributed by atoms with Crippen LogP contribution >= 0.6 is 0 Å². The van der Waals surface area contributed by atoms with Gasteiger partial charge in [-0.1, -0.05) is 192 Å². The lowest BCUT2D eigenvalue weighted by Crippen LogP contribution is -2.66. The van der Waals surface area contributed by atoms with Gasteiger partial charge >= 0.3 is 0 Å². The summed E-state index contributed by atoms with van der Waals surface area (Å²) in [6.07, 6.45) is 18.7. The molecule has 19 heteroatoms. The molecular weight excluding hydrogens is 1020 g/mol. The summed E-state index contributed by atoms with van der Waals surface area (Å²) in [6.45, 7) is 1.71. The van der Waals surface area contributed by atoms with E-state index >= 15 is 0 Å². The molecule has 79 heavy (non-hydrogen) atoms. The number of aliphatic hydroxyl groups is 11. The predicted octanol–water partition coefficient (Wildman–Crippen LogP) is 5.93. The van der Waals surface area contributed by atoms with Gasteiger partial charge in [0.25, 0.3) is 0 Å². The molecule has 0 bridgehead atoms. The van der Waals surface area contributed by atoms with Crippen molar-refractivity contribution in [3.63, 3.8) is 0 Å². The molecule has 3 aliphatic heterocycles. The molecule has 17 atom stereocenters. The predicted molar refractivity (Wildman–Crippen MR) is 300 cm³/mol. The molecule has 3 rings (SSSR count). The fourth-order valence-electron chi connectivity index (χ4n) is 10.6. The molecule has 0 radical (unpaired) electrons. The highest BCUT2D eigenvalue weighted by molar-refractivity contribution is 5.76. The largest absolute Gasteiger partial charge is 0.394 e. The van der Waals surface area contributed by atoms with Gasteiger partial charge in [0.15, 0.2) is 18.9 Å². The molecule has 19 nitrogen and oxygen atoms in total. The quantitative estimate of drug-likeness (QED) is 0.0248. The maximum Gasteiger partial charge on any atom is 0.220 e. The van der Waals surface area contributed by atoms with Gasteiger partial charge < -0.3 is 89.9 Å². The number of hydrogen-bond acceptors (Lipinski definition) is 18. The molecule has 3 aliphatic rings. The Kier molecular flexibility index (Phi) is 39.7. The van der Waals surface area contributed by atoms with Crippen LogP contribution in [0.2, 0.25) is 0 Å². The van der Waals surface area contributed by atoms with Crippen LogP contribution < -0.4 is 5.32 Å². The van der Waals surface area contributed by atoms with Gasteiger partial charge in [-0.3, -0.25) is 4.79 Å². The SMILES string of the molecule is CCCCCCC/C=C\CCCCCCCC(=O)NC(COC1OC(CO)C(OC2OC(CO)C(OC3OC(CO)C(O)C(O)C3O)C(O)C2O)C(O)C1O)C(O)/C=C/CCCCCCCCCCCCCCCCCCCC. The van der Waals surface area contributed by atoms with E-state index in [0.717, 1.165) is 64.2 Å². The summed E-state index contributed by atoms with van der Waals surface area (Å²) in [4.78, 5) is 13.3. The fraction of sp³-hybridized carbons (Fsp3) is 0.917. The molecule has 0 saturated carbocycles. The van der Waals surface area contributed by atoms with Gasteiger partial charge in [0.1, 0.15) is 73.2 Å². The first-order valence-electron chi connectivity index (χ1n) is 31.1. The van der Waals surface area contributed by atoms with Crippen LogP contribution in [0.5, 0.6) is 0 Å². The van der Waals surface area contributed by atoms with Crippen molar-refractivity contribution < 1.29 is 89.4 Å². The minimum Gasteiger partial charge on any atom is -0.394 e. The minimum absolute atomic E-state index is 0.235. The van der Waals surface area contributed by atoms with Gasteiger partial charge in [-0.15, -0.1) is 0 Å². The summed E-state index contributed by atoms with van der Waals surface area (Å²) >= 11 is 0. The number of aliphatic hydroxyl groups excluding tert-OH is 11. The van der Waals surface area contributed by atoms with Crippen molar-refractivity contribution in [3.8, 4) is 0 Å². The van der Waals surface area contributed by atoms with E-state index in [9.17, 15) is 61.0 Å². The van der Waals surface area contributed by atoms with E-state index in [4.69, 9.17) is 28.4 Å². The summed E-state index contributed by atoms with van der Waals surface area (Å²) in [5, 5.41) is 120. The van der Waals surface area contributed by atoms with Gasteiger partial charge in [0.05, 0.1) is 38.6 Å². The van der Waals surface area contributed by atoms with Crippen molar-refractivity contribution in [1.82, 2.24) is 5.32 Å². The fourth-order valence-corrected chi connectivity index (χ4v) is 10.6. The summed E-state index contributed by atoms with van der Waals surface area (Å²) < 4.78 is 34.2. The first-order chi connectivity index (χ1) is 38.3. The van der Waals surface area contributed by atoms with E-state index < -0.39 is 124 Å². The van der Waals surface area contributed by atoms with Gasteiger partial charge in [-0.2, -0.15) is 0 Å². The second-order valence-electron chi connectivity index (χ2n) is 22.5. The van der Waals surface area contributed by atoms with Gasteiger partial charge in [0, 0.05) is 6.42 Å². The van der Waals surface area contributed by atoms with Gasteiger partial charge in [-0.25, -0.2) is 0 Å². The number of nitrogens with one attached hydrogen (secondary N) is 1. The van der Waals surface area contributed by atoms with Crippen molar-refractivity contribution in [2.24, 2.45) is 0 Å². The van der Waals surface area contributed by atoms with E-state index in [1.54, 1.807) is 6.08 Å². The van der Waals surface area contributed by atoms with Crippen molar-refractivity contribution >= 4 is 5.91 Å². The first kappa shape index (κ1) is 71.5. The molecule has 0 aromatic rings. The van der Waals surface area contributed by atoms with E-state index in [0.29, 0.717) is 6.42 Å². The summed E-state index contributed by atoms with van der Waals surface area (Å²) in [5.74, 6) is -0.284. The standard InChI is InChI=1S/C60H111NO18/c1-3-5-7-9-11-13-15-17-19-20-21-22-23-24-25-27-29-31-33-35-37-44(65)43(61-48(66)38-36-34-32-30-28-26-18-16-14-12-10-8-6-4-2)42-74-58-54(72)51(69)56(46(40-63)76-58)79-60-55(73)52(70)57(47(41-64)77-60)78-59-53(71)50(68)49(67)45(39-62)75-59/h16,18,35,37,43-47,49-60,62-65,67-73H,3-15,17,19-34,36,38-42H2,1-2H3,(H,61,66)/b18-16-,37-35+. The molecule has 3 saturated heterocycles. The number of ether oxygens (including phenoxy) is 6. The Hall–Kier alpha value is -1.73. The second-order valence-corrected chi connectivity index (χ2v) is 22.5. The summed E-state index contributed by atoms with van der Waals surface area (Å²) in [6, 6.07) is -0.974. The molecule has 0 aromatic carbocycles. The third-order valence-electron chi connectivity index (χ3n) is 15.7. The van der Waals surface area contributed by atoms with E-state index in [1.807, 2.05) is 6.08 Å². The molecular formula is C60H111NO18. The number of unbranched alkanes of at least 4 members (excludes halogenated alkanes) is 28. The number of amides is 1. The average Bonchev–Trinajstić information content (AvgIpc) is 3.55. The molecule has 0 aromatic heterocycles. The zero-order chi connectivity index (χ0) is 57.6. The number of carbonyl (C=O) groups is 1. The molecule has 1 amide bonds. The smallest absolute Gasteiger partial charge is 0.220 e. The van der Waals surface area contributed by atoms with Crippen LogP contribution in [0, 0.1) is 0 Å². The minimum atomic E-state index is -1.98. The highest BCUT2D eigenvalue weighted by Gasteiger charge is 2.53. The Morgan fingerprint density at radius 3 is 1.23 bits per heavy atom. The monoisotopic (exact) mass is 1130 g/mol. The maximum absolute atomic E-state index is 13.3. The Labute approximate surface area is 473 Å². The highest BCUT2D eigenvalue weighted by Crippen LogP contribution is 2.33. The van der Waals surface area contributed by atoms with Crippen molar-refractivity contribution in [3.05, 3.63) is 24.3 Å². The number of rotatable bonds is 46. The van der Waals surface area contributed by atoms with Gasteiger partial charge in [0.2, 0.25) is 5.91 Å². The van der Waals surface area contributed by atoms with Crippen LogP contribution in [0.25, 0.3) is 0 Å². The molecule has 3 fully saturated rings. The Bertz CT molecular complexity index is 1540. The molecule has 0 aliphatic carbocycles. The molecule has 17 unspecified atom stereocenters. The van der Waals surface area contributed by atoms with Crippen LogP contribution in [0.4, 0.5) is 0 Å². The molecule has 0 spiro atoms. The third kappa shape index (κ3) is 27.7. The maximum atomic E-state index is 13.3. The van der Waals surface area contributed by atoms with E-state index in [1.165, 1.54) is 128 Å². The Balaban J connectivity index is 1.50. The summed E-state index contributed by atoms with van der Waals surface area (Å²) in [5.41, 5.74) is 0. The van der Waals surface area contributed by atoms with Crippen LogP contribution in [-0.2, 0) is 33.2 Å². The first-order valence-corrected chi connectivity index (χ1v) is 31.1. The normalized spacial score (nSPS) is 30.4. The van der Waals surface area contributed by atoms with Crippen molar-refractivity contribution in [2.75, 3.05) is 26.4 Å². The third-order valence-corrected chi connectivity index (χ3v) is 15.7. The zero-order valence-corrected chi connectivity index (χ0v) is 48.4. The van der Waals surface area contributed by atoms with Crippen LogP contribution in [0.15, 0.2) is 24.3 Å². The number of carbonyl (C=O) groups excluding carboxylic acids is 1. The number of hydrogen-bond donors (Lipinski definition) is 12. The van der Waals surface area contributed by atoms with Crippen molar-refractivity contribution in [1.29, 1.82) is 0 Å². The molecule has 464 valence electrons. The second kappa shape index (κ2) is 43.8.